The second-order valence-electron chi connectivity index (χ2n) is 7.19. The van der Waals surface area contributed by atoms with Crippen LogP contribution in [0.25, 0.3) is 0 Å². The van der Waals surface area contributed by atoms with Crippen LogP contribution in [0.4, 0.5) is 0 Å². The quantitative estimate of drug-likeness (QED) is 0.508. The van der Waals surface area contributed by atoms with Gasteiger partial charge in [-0.1, -0.05) is 25.6 Å². The molecule has 27 heavy (non-hydrogen) atoms. The molecule has 2 unspecified atom stereocenters. The molecule has 1 saturated heterocycles. The van der Waals surface area contributed by atoms with Crippen molar-refractivity contribution in [1.29, 1.82) is 0 Å². The van der Waals surface area contributed by atoms with Crippen LogP contribution < -0.4 is 5.56 Å². The summed E-state index contributed by atoms with van der Waals surface area (Å²) in [4.78, 5) is 33.3. The number of aromatic nitrogens is 2. The number of likely N-dealkylation sites (tertiary alicyclic amines) is 1. The van der Waals surface area contributed by atoms with Crippen molar-refractivity contribution in [1.82, 2.24) is 14.5 Å². The highest BCUT2D eigenvalue weighted by Crippen LogP contribution is 2.34. The van der Waals surface area contributed by atoms with Crippen LogP contribution in [-0.2, 0) is 22.5 Å². The second kappa shape index (κ2) is 9.47. The summed E-state index contributed by atoms with van der Waals surface area (Å²) < 4.78 is 6.85. The molecule has 0 aliphatic carbocycles. The molecule has 2 atom stereocenters. The first-order valence-electron chi connectivity index (χ1n) is 9.76. The second-order valence-corrected chi connectivity index (χ2v) is 9.58. The zero-order valence-corrected chi connectivity index (χ0v) is 18.0. The number of carbonyl (C=O) groups is 1. The summed E-state index contributed by atoms with van der Waals surface area (Å²) in [5.41, 5.74) is 0.885. The third-order valence-electron chi connectivity index (χ3n) is 5.23. The van der Waals surface area contributed by atoms with E-state index in [9.17, 15) is 9.59 Å². The number of methoxy groups -OCH3 is 1. The summed E-state index contributed by atoms with van der Waals surface area (Å²) in [6, 6.07) is 0.354. The number of carbonyl (C=O) groups excluding carboxylic acids is 1. The Labute approximate surface area is 169 Å². The Kier molecular flexibility index (Phi) is 7.28. The van der Waals surface area contributed by atoms with Crippen molar-refractivity contribution >= 4 is 29.4 Å². The normalized spacial score (nSPS) is 22.1. The number of fused-ring (bicyclic) bond motifs is 1. The largest absolute Gasteiger partial charge is 0.383 e. The fourth-order valence-electron chi connectivity index (χ4n) is 3.78. The van der Waals surface area contributed by atoms with Crippen LogP contribution in [0.5, 0.6) is 0 Å². The first-order chi connectivity index (χ1) is 13.0. The molecule has 6 nitrogen and oxygen atoms in total. The monoisotopic (exact) mass is 411 g/mol. The standard InChI is InChI=1S/C19H29N3O3S2/c1-4-14-7-5-6-8-21(14)16(23)12-26-19-20-15-11-13(2)27-17(15)18(24)22(19)9-10-25-3/h13-14H,4-12H2,1-3H3. The molecule has 1 amide bonds. The Morgan fingerprint density at radius 1 is 1.41 bits per heavy atom. The molecular formula is C19H29N3O3S2. The zero-order valence-electron chi connectivity index (χ0n) is 16.4. The Morgan fingerprint density at radius 3 is 2.96 bits per heavy atom. The van der Waals surface area contributed by atoms with Crippen molar-refractivity contribution in [2.75, 3.05) is 26.0 Å². The minimum atomic E-state index is 0.00533. The van der Waals surface area contributed by atoms with Gasteiger partial charge in [-0.15, -0.1) is 11.8 Å². The van der Waals surface area contributed by atoms with Gasteiger partial charge in [0.05, 0.1) is 29.5 Å². The van der Waals surface area contributed by atoms with Crippen LogP contribution in [0.2, 0.25) is 0 Å². The highest BCUT2D eigenvalue weighted by atomic mass is 32.2. The van der Waals surface area contributed by atoms with Crippen molar-refractivity contribution < 1.29 is 9.53 Å². The van der Waals surface area contributed by atoms with Crippen molar-refractivity contribution in [2.45, 2.75) is 73.8 Å². The molecule has 1 fully saturated rings. The molecule has 0 spiro atoms. The molecule has 150 valence electrons. The van der Waals surface area contributed by atoms with Gasteiger partial charge < -0.3 is 9.64 Å². The minimum Gasteiger partial charge on any atom is -0.383 e. The van der Waals surface area contributed by atoms with E-state index in [1.165, 1.54) is 18.2 Å². The number of ether oxygens (including phenoxy) is 1. The molecule has 0 saturated carbocycles. The molecule has 3 heterocycles. The van der Waals surface area contributed by atoms with E-state index in [-0.39, 0.29) is 11.5 Å². The van der Waals surface area contributed by atoms with Crippen molar-refractivity contribution in [2.24, 2.45) is 0 Å². The topological polar surface area (TPSA) is 64.4 Å². The van der Waals surface area contributed by atoms with Gasteiger partial charge in [-0.3, -0.25) is 14.2 Å². The van der Waals surface area contributed by atoms with E-state index in [1.807, 2.05) is 4.90 Å². The summed E-state index contributed by atoms with van der Waals surface area (Å²) in [5.74, 6) is 0.486. The van der Waals surface area contributed by atoms with Gasteiger partial charge in [0.25, 0.3) is 5.56 Å². The van der Waals surface area contributed by atoms with Gasteiger partial charge in [-0.25, -0.2) is 4.98 Å². The fourth-order valence-corrected chi connectivity index (χ4v) is 5.83. The van der Waals surface area contributed by atoms with Crippen molar-refractivity contribution in [3.8, 4) is 0 Å². The lowest BCUT2D eigenvalue weighted by atomic mass is 10.0. The Hall–Kier alpha value is -0.990. The highest BCUT2D eigenvalue weighted by molar-refractivity contribution is 8.00. The number of nitrogens with zero attached hydrogens (tertiary/aromatic N) is 3. The summed E-state index contributed by atoms with van der Waals surface area (Å²) in [6.07, 6.45) is 5.19. The molecule has 0 N–H and O–H groups in total. The van der Waals surface area contributed by atoms with Crippen LogP contribution in [0, 0.1) is 0 Å². The molecule has 0 radical (unpaired) electrons. The van der Waals surface area contributed by atoms with Crippen LogP contribution in [0.1, 0.15) is 45.2 Å². The van der Waals surface area contributed by atoms with E-state index in [1.54, 1.807) is 23.4 Å². The van der Waals surface area contributed by atoms with Gasteiger partial charge in [0, 0.05) is 31.4 Å². The van der Waals surface area contributed by atoms with Crippen LogP contribution in [0.15, 0.2) is 14.8 Å². The van der Waals surface area contributed by atoms with Crippen LogP contribution in [0.3, 0.4) is 0 Å². The Bertz CT molecular complexity index is 738. The van der Waals surface area contributed by atoms with Gasteiger partial charge in [0.2, 0.25) is 5.91 Å². The van der Waals surface area contributed by atoms with Gasteiger partial charge in [0.15, 0.2) is 5.16 Å². The van der Waals surface area contributed by atoms with E-state index in [0.29, 0.717) is 35.4 Å². The van der Waals surface area contributed by atoms with Gasteiger partial charge in [-0.2, -0.15) is 0 Å². The van der Waals surface area contributed by atoms with Crippen LogP contribution in [-0.4, -0.2) is 57.7 Å². The van der Waals surface area contributed by atoms with Gasteiger partial charge >= 0.3 is 0 Å². The predicted octanol–water partition coefficient (Wildman–Crippen LogP) is 2.81. The number of hydrogen-bond donors (Lipinski definition) is 0. The van der Waals surface area contributed by atoms with E-state index in [2.05, 4.69) is 13.8 Å². The maximum absolute atomic E-state index is 12.9. The first-order valence-corrected chi connectivity index (χ1v) is 11.6. The molecule has 0 aromatic carbocycles. The molecule has 3 rings (SSSR count). The maximum Gasteiger partial charge on any atom is 0.268 e. The lowest BCUT2D eigenvalue weighted by Gasteiger charge is -2.35. The van der Waals surface area contributed by atoms with Crippen molar-refractivity contribution in [3.05, 3.63) is 16.0 Å². The smallest absolute Gasteiger partial charge is 0.268 e. The first kappa shape index (κ1) is 20.7. The van der Waals surface area contributed by atoms with E-state index >= 15 is 0 Å². The zero-order chi connectivity index (χ0) is 19.4. The predicted molar refractivity (Wildman–Crippen MR) is 110 cm³/mol. The number of thioether (sulfide) groups is 2. The average molecular weight is 412 g/mol. The summed E-state index contributed by atoms with van der Waals surface area (Å²) in [7, 11) is 1.63. The highest BCUT2D eigenvalue weighted by Gasteiger charge is 2.28. The molecule has 0 bridgehead atoms. The Balaban J connectivity index is 1.77. The molecule has 1 aromatic rings. The molecule has 2 aliphatic heterocycles. The fraction of sp³-hybridized carbons (Fsp3) is 0.737. The summed E-state index contributed by atoms with van der Waals surface area (Å²) in [6.45, 7) is 6.02. The average Bonchev–Trinajstić information content (AvgIpc) is 3.06. The number of amides is 1. The molecular weight excluding hydrogens is 382 g/mol. The van der Waals surface area contributed by atoms with E-state index in [0.717, 1.165) is 42.8 Å². The van der Waals surface area contributed by atoms with E-state index in [4.69, 9.17) is 9.72 Å². The minimum absolute atomic E-state index is 0.00533. The third-order valence-corrected chi connectivity index (χ3v) is 7.40. The van der Waals surface area contributed by atoms with Crippen LogP contribution >= 0.6 is 23.5 Å². The SMILES string of the molecule is CCC1CCCCN1C(=O)CSc1nc2c(c(=O)n1CCOC)SC(C)C2. The van der Waals surface area contributed by atoms with Gasteiger partial charge in [-0.05, 0) is 25.7 Å². The van der Waals surface area contributed by atoms with E-state index < -0.39 is 0 Å². The summed E-state index contributed by atoms with van der Waals surface area (Å²) in [5, 5.41) is 1.01. The number of piperidine rings is 1. The lowest BCUT2D eigenvalue weighted by molar-refractivity contribution is -0.132. The van der Waals surface area contributed by atoms with Crippen molar-refractivity contribution in [3.63, 3.8) is 0 Å². The summed E-state index contributed by atoms with van der Waals surface area (Å²) >= 11 is 2.99. The molecule has 8 heteroatoms. The Morgan fingerprint density at radius 2 is 2.22 bits per heavy atom. The molecule has 1 aromatic heterocycles. The number of rotatable bonds is 7. The number of hydrogen-bond acceptors (Lipinski definition) is 6. The maximum atomic E-state index is 12.9. The molecule has 2 aliphatic rings. The third kappa shape index (κ3) is 4.71. The van der Waals surface area contributed by atoms with Gasteiger partial charge in [0.1, 0.15) is 0 Å². The lowest BCUT2D eigenvalue weighted by Crippen LogP contribution is -2.44.